The summed E-state index contributed by atoms with van der Waals surface area (Å²) in [4.78, 5) is 13.7. The summed E-state index contributed by atoms with van der Waals surface area (Å²) in [6.45, 7) is 4.87. The molecule has 2 N–H and O–H groups in total. The molecule has 1 aliphatic rings. The number of likely N-dealkylation sites (N-methyl/N-ethyl adjacent to an activating group) is 1. The number of amides is 1. The fraction of sp³-hybridized carbons (Fsp3) is 0.769. The van der Waals surface area contributed by atoms with Gasteiger partial charge in [0.15, 0.2) is 0 Å². The second-order valence-corrected chi connectivity index (χ2v) is 6.76. The lowest BCUT2D eigenvalue weighted by atomic mass is 10.2. The summed E-state index contributed by atoms with van der Waals surface area (Å²) in [5.41, 5.74) is 0. The molecule has 0 aliphatic heterocycles. The minimum Gasteiger partial charge on any atom is -0.392 e. The van der Waals surface area contributed by atoms with Gasteiger partial charge < -0.3 is 5.11 Å². The van der Waals surface area contributed by atoms with Gasteiger partial charge in [0.05, 0.1) is 12.6 Å². The molecule has 1 heterocycles. The van der Waals surface area contributed by atoms with Gasteiger partial charge in [-0.05, 0) is 25.8 Å². The average Bonchev–Trinajstić information content (AvgIpc) is 3.09. The van der Waals surface area contributed by atoms with Gasteiger partial charge in [0.1, 0.15) is 5.01 Å². The Morgan fingerprint density at radius 1 is 1.50 bits per heavy atom. The summed E-state index contributed by atoms with van der Waals surface area (Å²) in [5, 5.41) is 22.0. The highest BCUT2D eigenvalue weighted by Crippen LogP contribution is 2.32. The van der Waals surface area contributed by atoms with E-state index in [1.807, 2.05) is 25.8 Å². The predicted molar refractivity (Wildman–Crippen MR) is 78.9 cm³/mol. The van der Waals surface area contributed by atoms with Crippen LogP contribution in [-0.2, 0) is 4.79 Å². The molecule has 2 rings (SSSR count). The molecule has 7 heteroatoms. The maximum absolute atomic E-state index is 11.9. The first-order chi connectivity index (χ1) is 9.45. The van der Waals surface area contributed by atoms with E-state index in [2.05, 4.69) is 15.5 Å². The van der Waals surface area contributed by atoms with Crippen LogP contribution >= 0.6 is 11.3 Å². The molecule has 6 nitrogen and oxygen atoms in total. The Hall–Kier alpha value is -1.05. The second-order valence-electron chi connectivity index (χ2n) is 5.75. The molecule has 112 valence electrons. The fourth-order valence-corrected chi connectivity index (χ4v) is 2.70. The number of rotatable bonds is 7. The number of hydrogen-bond acceptors (Lipinski definition) is 6. The van der Waals surface area contributed by atoms with Crippen LogP contribution in [-0.4, -0.2) is 52.4 Å². The van der Waals surface area contributed by atoms with Crippen molar-refractivity contribution in [3.05, 3.63) is 5.01 Å². The van der Waals surface area contributed by atoms with Crippen molar-refractivity contribution in [2.24, 2.45) is 5.92 Å². The molecule has 0 bridgehead atoms. The first kappa shape index (κ1) is 15.3. The number of hydrogen-bond donors (Lipinski definition) is 2. The highest BCUT2D eigenvalue weighted by Gasteiger charge is 2.30. The lowest BCUT2D eigenvalue weighted by Crippen LogP contribution is -2.36. The van der Waals surface area contributed by atoms with Gasteiger partial charge in [-0.15, -0.1) is 10.2 Å². The summed E-state index contributed by atoms with van der Waals surface area (Å²) in [6, 6.07) is 0. The van der Waals surface area contributed by atoms with E-state index in [1.165, 1.54) is 11.3 Å². The highest BCUT2D eigenvalue weighted by molar-refractivity contribution is 7.15. The molecule has 0 spiro atoms. The van der Waals surface area contributed by atoms with Gasteiger partial charge in [-0.2, -0.15) is 0 Å². The topological polar surface area (TPSA) is 78.4 Å². The van der Waals surface area contributed by atoms with E-state index in [0.29, 0.717) is 23.5 Å². The van der Waals surface area contributed by atoms with Gasteiger partial charge in [0.25, 0.3) is 0 Å². The summed E-state index contributed by atoms with van der Waals surface area (Å²) < 4.78 is 0. The van der Waals surface area contributed by atoms with Gasteiger partial charge in [-0.1, -0.05) is 25.2 Å². The van der Waals surface area contributed by atoms with E-state index < -0.39 is 0 Å². The molecule has 1 unspecified atom stereocenters. The van der Waals surface area contributed by atoms with Crippen LogP contribution in [0, 0.1) is 5.92 Å². The van der Waals surface area contributed by atoms with E-state index in [-0.39, 0.29) is 18.6 Å². The number of aliphatic hydroxyl groups is 1. The molecular weight excluding hydrogens is 276 g/mol. The Kier molecular flexibility index (Phi) is 5.06. The monoisotopic (exact) mass is 298 g/mol. The van der Waals surface area contributed by atoms with Crippen molar-refractivity contribution in [2.75, 3.05) is 25.5 Å². The van der Waals surface area contributed by atoms with Gasteiger partial charge in [-0.25, -0.2) is 0 Å². The van der Waals surface area contributed by atoms with Crippen LogP contribution in [0.2, 0.25) is 0 Å². The Labute approximate surface area is 123 Å². The number of anilines is 1. The lowest BCUT2D eigenvalue weighted by molar-refractivity contribution is -0.117. The van der Waals surface area contributed by atoms with Gasteiger partial charge in [0.2, 0.25) is 11.0 Å². The van der Waals surface area contributed by atoms with E-state index in [0.717, 1.165) is 17.8 Å². The number of carbonyl (C=O) groups is 1. The highest BCUT2D eigenvalue weighted by atomic mass is 32.1. The molecule has 1 aromatic rings. The average molecular weight is 298 g/mol. The number of nitrogens with zero attached hydrogens (tertiary/aromatic N) is 3. The summed E-state index contributed by atoms with van der Waals surface area (Å²) >= 11 is 1.40. The first-order valence-corrected chi connectivity index (χ1v) is 7.77. The van der Waals surface area contributed by atoms with Crippen LogP contribution in [0.5, 0.6) is 0 Å². The molecular formula is C13H22N4O2S. The van der Waals surface area contributed by atoms with E-state index in [4.69, 9.17) is 0 Å². The minimum atomic E-state index is -0.318. The quantitative estimate of drug-likeness (QED) is 0.793. The predicted octanol–water partition coefficient (Wildman–Crippen LogP) is 1.30. The maximum atomic E-state index is 11.9. The standard InChI is InChI=1S/C13H22N4O2S/c1-8(2)12-15-16-13(20-12)14-11(19)7-17(3)6-10(18)9-4-5-9/h8-10,18H,4-7H2,1-3H3,(H,14,16,19). The van der Waals surface area contributed by atoms with Crippen molar-refractivity contribution in [2.45, 2.75) is 38.7 Å². The van der Waals surface area contributed by atoms with E-state index in [9.17, 15) is 9.90 Å². The first-order valence-electron chi connectivity index (χ1n) is 6.95. The molecule has 0 aromatic carbocycles. The van der Waals surface area contributed by atoms with Crippen molar-refractivity contribution in [3.8, 4) is 0 Å². The second kappa shape index (κ2) is 6.60. The molecule has 1 fully saturated rings. The number of nitrogens with one attached hydrogen (secondary N) is 1. The van der Waals surface area contributed by atoms with Crippen molar-refractivity contribution < 1.29 is 9.90 Å². The van der Waals surface area contributed by atoms with Crippen LogP contribution in [0.3, 0.4) is 0 Å². The lowest BCUT2D eigenvalue weighted by Gasteiger charge is -2.19. The maximum Gasteiger partial charge on any atom is 0.240 e. The van der Waals surface area contributed by atoms with Crippen LogP contribution in [0.15, 0.2) is 0 Å². The van der Waals surface area contributed by atoms with Crippen LogP contribution < -0.4 is 5.32 Å². The zero-order valence-electron chi connectivity index (χ0n) is 12.2. The third-order valence-electron chi connectivity index (χ3n) is 3.26. The Morgan fingerprint density at radius 3 is 2.75 bits per heavy atom. The Bertz CT molecular complexity index is 459. The summed E-state index contributed by atoms with van der Waals surface area (Å²) in [7, 11) is 1.84. The largest absolute Gasteiger partial charge is 0.392 e. The third-order valence-corrected chi connectivity index (χ3v) is 4.40. The number of aliphatic hydroxyl groups excluding tert-OH is 1. The Balaban J connectivity index is 1.75. The van der Waals surface area contributed by atoms with Crippen molar-refractivity contribution in [1.82, 2.24) is 15.1 Å². The molecule has 1 aromatic heterocycles. The SMILES string of the molecule is CC(C)c1nnc(NC(=O)CN(C)CC(O)C2CC2)s1. The normalized spacial score (nSPS) is 16.7. The van der Waals surface area contributed by atoms with E-state index >= 15 is 0 Å². The zero-order chi connectivity index (χ0) is 14.7. The van der Waals surface area contributed by atoms with Crippen LogP contribution in [0.1, 0.15) is 37.6 Å². The molecule has 1 saturated carbocycles. The zero-order valence-corrected chi connectivity index (χ0v) is 13.0. The van der Waals surface area contributed by atoms with Crippen molar-refractivity contribution >= 4 is 22.4 Å². The molecule has 0 saturated heterocycles. The van der Waals surface area contributed by atoms with Gasteiger partial charge in [-0.3, -0.25) is 15.0 Å². The fourth-order valence-electron chi connectivity index (χ4n) is 1.94. The minimum absolute atomic E-state index is 0.123. The molecule has 20 heavy (non-hydrogen) atoms. The van der Waals surface area contributed by atoms with E-state index in [1.54, 1.807) is 0 Å². The number of aromatic nitrogens is 2. The molecule has 1 aliphatic carbocycles. The Morgan fingerprint density at radius 2 is 2.20 bits per heavy atom. The molecule has 0 radical (unpaired) electrons. The smallest absolute Gasteiger partial charge is 0.240 e. The number of carbonyl (C=O) groups excluding carboxylic acids is 1. The van der Waals surface area contributed by atoms with Gasteiger partial charge >= 0.3 is 0 Å². The molecule has 1 atom stereocenters. The van der Waals surface area contributed by atoms with Crippen molar-refractivity contribution in [3.63, 3.8) is 0 Å². The van der Waals surface area contributed by atoms with Crippen LogP contribution in [0.25, 0.3) is 0 Å². The summed E-state index contributed by atoms with van der Waals surface area (Å²) in [6.07, 6.45) is 1.88. The third kappa shape index (κ3) is 4.50. The van der Waals surface area contributed by atoms with Crippen molar-refractivity contribution in [1.29, 1.82) is 0 Å². The van der Waals surface area contributed by atoms with Gasteiger partial charge in [0, 0.05) is 12.5 Å². The molecule has 1 amide bonds. The summed E-state index contributed by atoms with van der Waals surface area (Å²) in [5.74, 6) is 0.619. The van der Waals surface area contributed by atoms with Crippen LogP contribution in [0.4, 0.5) is 5.13 Å².